The van der Waals surface area contributed by atoms with E-state index in [4.69, 9.17) is 0 Å². The third kappa shape index (κ3) is 2.51. The summed E-state index contributed by atoms with van der Waals surface area (Å²) in [5.41, 5.74) is 1.70. The van der Waals surface area contributed by atoms with Gasteiger partial charge in [-0.3, -0.25) is 4.79 Å². The maximum atomic E-state index is 12.1. The number of carbonyl (C=O) groups is 1. The van der Waals surface area contributed by atoms with Crippen LogP contribution < -0.4 is 0 Å². The lowest BCUT2D eigenvalue weighted by molar-refractivity contribution is 0.0989. The Hall–Kier alpha value is -1.88. The van der Waals surface area contributed by atoms with Crippen molar-refractivity contribution in [2.24, 2.45) is 0 Å². The molecule has 1 heterocycles. The normalized spacial score (nSPS) is 10.6. The van der Waals surface area contributed by atoms with Crippen molar-refractivity contribution in [3.8, 4) is 11.5 Å². The van der Waals surface area contributed by atoms with Crippen molar-refractivity contribution in [1.82, 2.24) is 4.98 Å². The first-order valence-electron chi connectivity index (χ1n) is 5.44. The maximum Gasteiger partial charge on any atom is 0.173 e. The number of aromatic nitrogens is 1. The van der Waals surface area contributed by atoms with Gasteiger partial charge >= 0.3 is 0 Å². The van der Waals surface area contributed by atoms with E-state index < -0.39 is 0 Å². The Labute approximate surface area is 109 Å². The summed E-state index contributed by atoms with van der Waals surface area (Å²) in [6.07, 6.45) is 0.164. The molecule has 2 N–H and O–H groups in total. The lowest BCUT2D eigenvalue weighted by Crippen LogP contribution is -2.06. The van der Waals surface area contributed by atoms with E-state index in [1.165, 1.54) is 23.5 Å². The van der Waals surface area contributed by atoms with Crippen LogP contribution in [0.3, 0.4) is 0 Å². The van der Waals surface area contributed by atoms with E-state index in [9.17, 15) is 15.0 Å². The summed E-state index contributed by atoms with van der Waals surface area (Å²) in [7, 11) is 0. The highest BCUT2D eigenvalue weighted by Crippen LogP contribution is 2.28. The van der Waals surface area contributed by atoms with Crippen LogP contribution in [0.1, 0.15) is 26.6 Å². The molecule has 4 nitrogen and oxygen atoms in total. The van der Waals surface area contributed by atoms with Crippen molar-refractivity contribution in [2.75, 3.05) is 0 Å². The molecule has 0 bridgehead atoms. The molecule has 0 aliphatic rings. The Morgan fingerprint density at radius 3 is 2.61 bits per heavy atom. The van der Waals surface area contributed by atoms with Crippen LogP contribution in [0.25, 0.3) is 0 Å². The lowest BCUT2D eigenvalue weighted by Gasteiger charge is -2.07. The van der Waals surface area contributed by atoms with Crippen LogP contribution in [0, 0.1) is 13.8 Å². The first-order valence-corrected chi connectivity index (χ1v) is 6.32. The molecule has 0 spiro atoms. The number of benzene rings is 1. The van der Waals surface area contributed by atoms with Crippen LogP contribution in [0.15, 0.2) is 17.5 Å². The summed E-state index contributed by atoms with van der Waals surface area (Å²) in [5.74, 6) is -0.434. The van der Waals surface area contributed by atoms with Gasteiger partial charge in [-0.05, 0) is 25.5 Å². The smallest absolute Gasteiger partial charge is 0.173 e. The SMILES string of the molecule is Cc1csc(CC(=O)c2c(C)cc(O)cc2O)n1. The fraction of sp³-hybridized carbons (Fsp3) is 0.231. The van der Waals surface area contributed by atoms with Gasteiger partial charge in [-0.1, -0.05) is 0 Å². The van der Waals surface area contributed by atoms with Gasteiger partial charge < -0.3 is 10.2 Å². The first-order chi connectivity index (χ1) is 8.47. The Balaban J connectivity index is 2.29. The second-order valence-electron chi connectivity index (χ2n) is 4.14. The second-order valence-corrected chi connectivity index (χ2v) is 5.08. The molecule has 0 unspecified atom stereocenters. The van der Waals surface area contributed by atoms with Crippen LogP contribution >= 0.6 is 11.3 Å². The molecule has 2 aromatic rings. The number of Topliss-reactive ketones (excluding diaryl/α,β-unsaturated/α-hetero) is 1. The van der Waals surface area contributed by atoms with E-state index in [1.807, 2.05) is 12.3 Å². The predicted molar refractivity (Wildman–Crippen MR) is 69.4 cm³/mol. The summed E-state index contributed by atoms with van der Waals surface area (Å²) in [6.45, 7) is 3.55. The topological polar surface area (TPSA) is 70.4 Å². The highest BCUT2D eigenvalue weighted by Gasteiger charge is 2.17. The van der Waals surface area contributed by atoms with Gasteiger partial charge in [-0.15, -0.1) is 11.3 Å². The van der Waals surface area contributed by atoms with Gasteiger partial charge in [-0.2, -0.15) is 0 Å². The molecular weight excluding hydrogens is 250 g/mol. The Bertz CT molecular complexity index is 581. The van der Waals surface area contributed by atoms with Crippen molar-refractivity contribution < 1.29 is 15.0 Å². The average Bonchev–Trinajstić information content (AvgIpc) is 2.62. The number of hydrogen-bond donors (Lipinski definition) is 2. The molecular formula is C13H13NO3S. The number of aromatic hydroxyl groups is 2. The van der Waals surface area contributed by atoms with Gasteiger partial charge in [0.05, 0.1) is 12.0 Å². The molecule has 5 heteroatoms. The van der Waals surface area contributed by atoms with Gasteiger partial charge in [0.25, 0.3) is 0 Å². The van der Waals surface area contributed by atoms with Gasteiger partial charge in [0.1, 0.15) is 16.5 Å². The molecule has 2 rings (SSSR count). The largest absolute Gasteiger partial charge is 0.508 e. The molecule has 0 amide bonds. The fourth-order valence-corrected chi connectivity index (χ4v) is 2.59. The van der Waals surface area contributed by atoms with Crippen LogP contribution in [0.2, 0.25) is 0 Å². The van der Waals surface area contributed by atoms with E-state index in [2.05, 4.69) is 4.98 Å². The minimum atomic E-state index is -0.195. The molecule has 1 aromatic heterocycles. The molecule has 18 heavy (non-hydrogen) atoms. The molecule has 0 atom stereocenters. The first kappa shape index (κ1) is 12.6. The number of phenolic OH excluding ortho intramolecular Hbond substituents is 2. The molecule has 1 aromatic carbocycles. The highest BCUT2D eigenvalue weighted by atomic mass is 32.1. The van der Waals surface area contributed by atoms with E-state index in [-0.39, 0.29) is 29.3 Å². The molecule has 0 aliphatic carbocycles. The molecule has 0 saturated carbocycles. The lowest BCUT2D eigenvalue weighted by atomic mass is 10.0. The number of rotatable bonds is 3. The van der Waals surface area contributed by atoms with Gasteiger partial charge in [0.15, 0.2) is 5.78 Å². The van der Waals surface area contributed by atoms with Crippen LogP contribution in [-0.4, -0.2) is 21.0 Å². The molecule has 0 aliphatic heterocycles. The van der Waals surface area contributed by atoms with Gasteiger partial charge in [0.2, 0.25) is 0 Å². The Morgan fingerprint density at radius 1 is 1.33 bits per heavy atom. The van der Waals surface area contributed by atoms with Crippen molar-refractivity contribution >= 4 is 17.1 Å². The molecule has 0 fully saturated rings. The maximum absolute atomic E-state index is 12.1. The number of phenols is 2. The summed E-state index contributed by atoms with van der Waals surface area (Å²) < 4.78 is 0. The van der Waals surface area contributed by atoms with Crippen LogP contribution in [0.5, 0.6) is 11.5 Å². The standard InChI is InChI=1S/C13H13NO3S/c1-7-3-9(15)4-10(16)13(7)11(17)5-12-14-8(2)6-18-12/h3-4,6,15-16H,5H2,1-2H3. The van der Waals surface area contributed by atoms with E-state index in [0.717, 1.165) is 10.7 Å². The van der Waals surface area contributed by atoms with Crippen LogP contribution in [0.4, 0.5) is 0 Å². The quantitative estimate of drug-likeness (QED) is 0.835. The van der Waals surface area contributed by atoms with E-state index in [1.54, 1.807) is 6.92 Å². The Kier molecular flexibility index (Phi) is 3.34. The van der Waals surface area contributed by atoms with Gasteiger partial charge in [-0.25, -0.2) is 4.98 Å². The molecule has 0 saturated heterocycles. The van der Waals surface area contributed by atoms with E-state index >= 15 is 0 Å². The average molecular weight is 263 g/mol. The van der Waals surface area contributed by atoms with Crippen molar-refractivity contribution in [3.05, 3.63) is 39.3 Å². The second kappa shape index (κ2) is 4.78. The molecule has 94 valence electrons. The van der Waals surface area contributed by atoms with Crippen LogP contribution in [-0.2, 0) is 6.42 Å². The minimum absolute atomic E-state index is 0.0494. The van der Waals surface area contributed by atoms with Crippen molar-refractivity contribution in [2.45, 2.75) is 20.3 Å². The fourth-order valence-electron chi connectivity index (χ4n) is 1.82. The van der Waals surface area contributed by atoms with Crippen molar-refractivity contribution in [1.29, 1.82) is 0 Å². The monoisotopic (exact) mass is 263 g/mol. The summed E-state index contributed by atoms with van der Waals surface area (Å²) >= 11 is 1.42. The number of hydrogen-bond acceptors (Lipinski definition) is 5. The third-order valence-electron chi connectivity index (χ3n) is 2.56. The third-order valence-corrected chi connectivity index (χ3v) is 3.52. The number of ketones is 1. The number of nitrogens with zero attached hydrogens (tertiary/aromatic N) is 1. The number of thiazole rings is 1. The Morgan fingerprint density at radius 2 is 2.06 bits per heavy atom. The summed E-state index contributed by atoms with van der Waals surface area (Å²) in [6, 6.07) is 2.63. The number of carbonyl (C=O) groups excluding carboxylic acids is 1. The zero-order valence-corrected chi connectivity index (χ0v) is 10.9. The number of aryl methyl sites for hydroxylation is 2. The molecule has 0 radical (unpaired) electrons. The predicted octanol–water partition coefficient (Wildman–Crippen LogP) is 2.60. The van der Waals surface area contributed by atoms with E-state index in [0.29, 0.717) is 5.56 Å². The zero-order chi connectivity index (χ0) is 13.3. The minimum Gasteiger partial charge on any atom is -0.508 e. The van der Waals surface area contributed by atoms with Gasteiger partial charge in [0, 0.05) is 17.1 Å². The summed E-state index contributed by atoms with van der Waals surface area (Å²) in [4.78, 5) is 16.3. The summed E-state index contributed by atoms with van der Waals surface area (Å²) in [5, 5.41) is 21.6. The zero-order valence-electron chi connectivity index (χ0n) is 10.1. The van der Waals surface area contributed by atoms with Crippen molar-refractivity contribution in [3.63, 3.8) is 0 Å². The highest BCUT2D eigenvalue weighted by molar-refractivity contribution is 7.09.